The summed E-state index contributed by atoms with van der Waals surface area (Å²) in [5.41, 5.74) is -0.301. The Labute approximate surface area is 157 Å². The molecule has 2 atom stereocenters. The maximum atomic E-state index is 14.2. The number of nitrogens with zero attached hydrogens (tertiary/aromatic N) is 5. The van der Waals surface area contributed by atoms with Gasteiger partial charge in [0.15, 0.2) is 11.5 Å². The monoisotopic (exact) mass is 386 g/mol. The Hall–Kier alpha value is -3.30. The highest BCUT2D eigenvalue weighted by Gasteiger charge is 2.51. The van der Waals surface area contributed by atoms with Crippen molar-refractivity contribution in [3.63, 3.8) is 0 Å². The molecular weight excluding hydrogens is 370 g/mol. The van der Waals surface area contributed by atoms with E-state index in [-0.39, 0.29) is 40.7 Å². The summed E-state index contributed by atoms with van der Waals surface area (Å²) < 4.78 is 28.6. The molecule has 1 N–H and O–H groups in total. The molecule has 0 spiro atoms. The zero-order valence-electron chi connectivity index (χ0n) is 14.9. The average molecular weight is 386 g/mol. The highest BCUT2D eigenvalue weighted by atomic mass is 19.1. The summed E-state index contributed by atoms with van der Waals surface area (Å²) in [7, 11) is 0. The number of anilines is 1. The molecule has 5 heterocycles. The van der Waals surface area contributed by atoms with Crippen LogP contribution in [0.1, 0.15) is 13.3 Å². The number of likely N-dealkylation sites (N-methyl/N-ethyl adjacent to an activating group) is 1. The van der Waals surface area contributed by atoms with Crippen molar-refractivity contribution in [1.29, 1.82) is 0 Å². The second-order valence-electron chi connectivity index (χ2n) is 6.97. The van der Waals surface area contributed by atoms with E-state index in [1.807, 2.05) is 6.92 Å². The van der Waals surface area contributed by atoms with Crippen molar-refractivity contribution in [1.82, 2.24) is 24.6 Å². The largest absolute Gasteiger partial charge is 0.339 e. The van der Waals surface area contributed by atoms with Gasteiger partial charge in [0.25, 0.3) is 5.56 Å². The van der Waals surface area contributed by atoms with Crippen LogP contribution in [-0.2, 0) is 4.79 Å². The van der Waals surface area contributed by atoms with Gasteiger partial charge in [-0.05, 0) is 25.5 Å². The van der Waals surface area contributed by atoms with Crippen molar-refractivity contribution in [2.75, 3.05) is 18.0 Å². The number of piperazine rings is 1. The van der Waals surface area contributed by atoms with Gasteiger partial charge < -0.3 is 9.80 Å². The molecule has 1 amide bonds. The van der Waals surface area contributed by atoms with Gasteiger partial charge in [-0.2, -0.15) is 10.1 Å². The minimum absolute atomic E-state index is 0.00540. The van der Waals surface area contributed by atoms with Crippen molar-refractivity contribution in [2.24, 2.45) is 0 Å². The average Bonchev–Trinajstić information content (AvgIpc) is 3.05. The van der Waals surface area contributed by atoms with Crippen LogP contribution in [0.25, 0.3) is 16.7 Å². The standard InChI is InChI=1S/C18H16F2N6O2/c1-2-24-8-10-6-14(17(24)28)25(10)18-22-15-11(16(27)23-18)7-21-26(15)13-4-3-9(19)5-12(13)20/h3-5,7,10,14H,2,6,8H2,1H3,(H,22,23,27). The first-order valence-corrected chi connectivity index (χ1v) is 8.98. The topological polar surface area (TPSA) is 87.1 Å². The minimum Gasteiger partial charge on any atom is -0.339 e. The summed E-state index contributed by atoms with van der Waals surface area (Å²) >= 11 is 0. The predicted molar refractivity (Wildman–Crippen MR) is 96.3 cm³/mol. The van der Waals surface area contributed by atoms with Crippen LogP contribution in [0.2, 0.25) is 0 Å². The van der Waals surface area contributed by atoms with Gasteiger partial charge in [-0.3, -0.25) is 14.6 Å². The molecular formula is C18H16F2N6O2. The van der Waals surface area contributed by atoms with E-state index >= 15 is 0 Å². The Morgan fingerprint density at radius 1 is 1.29 bits per heavy atom. The van der Waals surface area contributed by atoms with E-state index < -0.39 is 17.2 Å². The molecule has 1 aromatic carbocycles. The van der Waals surface area contributed by atoms with E-state index in [1.165, 1.54) is 16.9 Å². The minimum atomic E-state index is -0.816. The predicted octanol–water partition coefficient (Wildman–Crippen LogP) is 1.20. The van der Waals surface area contributed by atoms with Gasteiger partial charge in [-0.15, -0.1) is 0 Å². The Balaban J connectivity index is 1.61. The van der Waals surface area contributed by atoms with Gasteiger partial charge in [0.2, 0.25) is 11.9 Å². The Morgan fingerprint density at radius 2 is 2.11 bits per heavy atom. The summed E-state index contributed by atoms with van der Waals surface area (Å²) in [6, 6.07) is 2.80. The Bertz CT molecular complexity index is 1170. The van der Waals surface area contributed by atoms with Gasteiger partial charge >= 0.3 is 0 Å². The van der Waals surface area contributed by atoms with Crippen LogP contribution in [0, 0.1) is 11.6 Å². The number of aromatic nitrogens is 4. The van der Waals surface area contributed by atoms with Crippen molar-refractivity contribution in [3.05, 3.63) is 46.4 Å². The third-order valence-electron chi connectivity index (χ3n) is 5.44. The summed E-state index contributed by atoms with van der Waals surface area (Å²) in [5, 5.41) is 4.23. The molecule has 0 saturated carbocycles. The molecule has 2 unspecified atom stereocenters. The van der Waals surface area contributed by atoms with Crippen LogP contribution in [0.3, 0.4) is 0 Å². The van der Waals surface area contributed by atoms with Gasteiger partial charge in [0.1, 0.15) is 22.9 Å². The third-order valence-corrected chi connectivity index (χ3v) is 5.44. The number of aromatic amines is 1. The highest BCUT2D eigenvalue weighted by molar-refractivity contribution is 5.89. The molecule has 10 heteroatoms. The fourth-order valence-electron chi connectivity index (χ4n) is 4.00. The van der Waals surface area contributed by atoms with E-state index in [2.05, 4.69) is 15.1 Å². The molecule has 0 radical (unpaired) electrons. The van der Waals surface area contributed by atoms with Crippen LogP contribution in [0.4, 0.5) is 14.7 Å². The van der Waals surface area contributed by atoms with E-state index in [0.717, 1.165) is 12.1 Å². The number of carbonyl (C=O) groups is 1. The number of H-pyrrole nitrogens is 1. The molecule has 3 aliphatic heterocycles. The summed E-state index contributed by atoms with van der Waals surface area (Å²) in [6.45, 7) is 3.13. The van der Waals surface area contributed by atoms with E-state index in [1.54, 1.807) is 9.80 Å². The maximum absolute atomic E-state index is 14.2. The number of hydrogen-bond donors (Lipinski definition) is 1. The fraction of sp³-hybridized carbons (Fsp3) is 0.333. The van der Waals surface area contributed by atoms with Crippen LogP contribution in [-0.4, -0.2) is 55.7 Å². The summed E-state index contributed by atoms with van der Waals surface area (Å²) in [6.07, 6.45) is 2.00. The molecule has 8 nitrogen and oxygen atoms in total. The Kier molecular flexibility index (Phi) is 3.52. The maximum Gasteiger partial charge on any atom is 0.263 e. The molecule has 3 aromatic rings. The molecule has 144 valence electrons. The molecule has 2 aromatic heterocycles. The highest BCUT2D eigenvalue weighted by Crippen LogP contribution is 2.36. The normalized spacial score (nSPS) is 21.3. The molecule has 3 fully saturated rings. The molecule has 3 aliphatic rings. The summed E-state index contributed by atoms with van der Waals surface area (Å²) in [5.74, 6) is -1.27. The van der Waals surface area contributed by atoms with Crippen molar-refractivity contribution in [3.8, 4) is 5.69 Å². The zero-order chi connectivity index (χ0) is 19.6. The van der Waals surface area contributed by atoms with E-state index in [9.17, 15) is 18.4 Å². The summed E-state index contributed by atoms with van der Waals surface area (Å²) in [4.78, 5) is 35.8. The van der Waals surface area contributed by atoms with Crippen LogP contribution < -0.4 is 10.5 Å². The van der Waals surface area contributed by atoms with Crippen LogP contribution in [0.5, 0.6) is 0 Å². The lowest BCUT2D eigenvalue weighted by Gasteiger charge is -2.55. The first-order valence-electron chi connectivity index (χ1n) is 8.98. The lowest BCUT2D eigenvalue weighted by molar-refractivity contribution is -0.139. The number of rotatable bonds is 3. The van der Waals surface area contributed by atoms with E-state index in [0.29, 0.717) is 19.5 Å². The van der Waals surface area contributed by atoms with Gasteiger partial charge in [0, 0.05) is 19.2 Å². The first-order chi connectivity index (χ1) is 13.5. The van der Waals surface area contributed by atoms with E-state index in [4.69, 9.17) is 0 Å². The molecule has 0 aliphatic carbocycles. The SMILES string of the molecule is CCN1CC2CC(C1=O)N2c1nc2c(cnn2-c2ccc(F)cc2F)c(=O)[nH]1. The van der Waals surface area contributed by atoms with Gasteiger partial charge in [-0.25, -0.2) is 13.5 Å². The van der Waals surface area contributed by atoms with Crippen molar-refractivity contribution >= 4 is 22.9 Å². The van der Waals surface area contributed by atoms with Gasteiger partial charge in [0.05, 0.1) is 12.2 Å². The molecule has 6 rings (SSSR count). The number of fused-ring (bicyclic) bond motifs is 3. The van der Waals surface area contributed by atoms with Crippen molar-refractivity contribution in [2.45, 2.75) is 25.4 Å². The third kappa shape index (κ3) is 2.26. The second-order valence-corrected chi connectivity index (χ2v) is 6.97. The quantitative estimate of drug-likeness (QED) is 0.731. The number of carbonyl (C=O) groups excluding carboxylic acids is 1. The fourth-order valence-corrected chi connectivity index (χ4v) is 4.00. The number of amides is 1. The zero-order valence-corrected chi connectivity index (χ0v) is 14.9. The second kappa shape index (κ2) is 5.85. The number of hydrogen-bond acceptors (Lipinski definition) is 5. The Morgan fingerprint density at radius 3 is 2.82 bits per heavy atom. The van der Waals surface area contributed by atoms with Crippen LogP contribution in [0.15, 0.2) is 29.2 Å². The molecule has 2 bridgehead atoms. The van der Waals surface area contributed by atoms with Gasteiger partial charge in [-0.1, -0.05) is 0 Å². The lowest BCUT2D eigenvalue weighted by Crippen LogP contribution is -2.72. The van der Waals surface area contributed by atoms with Crippen LogP contribution >= 0.6 is 0 Å². The number of piperidine rings is 1. The molecule has 3 saturated heterocycles. The number of halogens is 2. The first kappa shape index (κ1) is 16.8. The lowest BCUT2D eigenvalue weighted by atomic mass is 9.87. The number of nitrogens with one attached hydrogen (secondary N) is 1. The smallest absolute Gasteiger partial charge is 0.263 e. The number of benzene rings is 1. The van der Waals surface area contributed by atoms with Crippen molar-refractivity contribution < 1.29 is 13.6 Å². The molecule has 28 heavy (non-hydrogen) atoms.